The zero-order chi connectivity index (χ0) is 15.9. The van der Waals surface area contributed by atoms with E-state index in [9.17, 15) is 0 Å². The summed E-state index contributed by atoms with van der Waals surface area (Å²) in [6.45, 7) is 3.00. The van der Waals surface area contributed by atoms with Crippen LogP contribution in [0.5, 0.6) is 5.75 Å². The molecule has 2 aliphatic heterocycles. The van der Waals surface area contributed by atoms with E-state index in [0.29, 0.717) is 0 Å². The van der Waals surface area contributed by atoms with E-state index in [1.54, 1.807) is 0 Å². The number of thiocarbonyl (C=S) groups is 1. The van der Waals surface area contributed by atoms with Crippen LogP contribution in [0.3, 0.4) is 0 Å². The van der Waals surface area contributed by atoms with E-state index in [1.807, 2.05) is 18.2 Å². The fourth-order valence-electron chi connectivity index (χ4n) is 3.59. The molecule has 0 amide bonds. The summed E-state index contributed by atoms with van der Waals surface area (Å²) in [5.41, 5.74) is 2.14. The van der Waals surface area contributed by atoms with Crippen molar-refractivity contribution >= 4 is 17.3 Å². The molecule has 0 spiro atoms. The second-order valence-electron chi connectivity index (χ2n) is 6.41. The van der Waals surface area contributed by atoms with Crippen LogP contribution in [-0.2, 0) is 6.42 Å². The molecule has 0 unspecified atom stereocenters. The Labute approximate surface area is 142 Å². The van der Waals surface area contributed by atoms with Crippen molar-refractivity contribution in [2.24, 2.45) is 0 Å². The molecule has 0 aliphatic carbocycles. The highest BCUT2D eigenvalue weighted by atomic mass is 32.1. The van der Waals surface area contributed by atoms with Gasteiger partial charge in [0.05, 0.1) is 6.04 Å². The maximum Gasteiger partial charge on any atom is 0.184 e. The number of nitrogens with one attached hydrogen (secondary N) is 1. The second-order valence-corrected chi connectivity index (χ2v) is 6.80. The molecule has 118 valence electrons. The first-order valence-electron chi connectivity index (χ1n) is 8.06. The van der Waals surface area contributed by atoms with Gasteiger partial charge >= 0.3 is 0 Å². The van der Waals surface area contributed by atoms with Gasteiger partial charge in [0.1, 0.15) is 5.75 Å². The lowest BCUT2D eigenvalue weighted by Crippen LogP contribution is -2.64. The predicted octanol–water partition coefficient (Wildman–Crippen LogP) is 3.66. The van der Waals surface area contributed by atoms with Crippen LogP contribution in [-0.4, -0.2) is 22.3 Å². The van der Waals surface area contributed by atoms with Crippen LogP contribution in [0.4, 0.5) is 0 Å². The number of benzene rings is 2. The van der Waals surface area contributed by atoms with Crippen molar-refractivity contribution in [3.05, 3.63) is 65.7 Å². The predicted molar refractivity (Wildman–Crippen MR) is 95.4 cm³/mol. The lowest BCUT2D eigenvalue weighted by molar-refractivity contribution is -0.0676. The van der Waals surface area contributed by atoms with Gasteiger partial charge in [0.2, 0.25) is 0 Å². The molecule has 0 saturated carbocycles. The number of nitrogens with zero attached hydrogens (tertiary/aromatic N) is 1. The summed E-state index contributed by atoms with van der Waals surface area (Å²) in [7, 11) is 0. The highest BCUT2D eigenvalue weighted by molar-refractivity contribution is 7.80. The molecule has 3 nitrogen and oxygen atoms in total. The number of hydrogen-bond donors (Lipinski definition) is 1. The van der Waals surface area contributed by atoms with Gasteiger partial charge in [-0.05, 0) is 37.2 Å². The zero-order valence-electron chi connectivity index (χ0n) is 13.2. The molecule has 0 aromatic heterocycles. The molecule has 2 atom stereocenters. The van der Waals surface area contributed by atoms with Gasteiger partial charge in [0.25, 0.3) is 0 Å². The Morgan fingerprint density at radius 2 is 1.91 bits per heavy atom. The van der Waals surface area contributed by atoms with E-state index in [0.717, 1.165) is 30.2 Å². The van der Waals surface area contributed by atoms with E-state index >= 15 is 0 Å². The SMILES string of the molecule is C[C@@]12C[C@@H](NC(=S)N1CCc1ccccc1)c1ccccc1O2. The largest absolute Gasteiger partial charge is 0.468 e. The first-order chi connectivity index (χ1) is 11.2. The Balaban J connectivity index is 1.59. The van der Waals surface area contributed by atoms with E-state index in [4.69, 9.17) is 17.0 Å². The Kier molecular flexibility index (Phi) is 3.49. The molecule has 23 heavy (non-hydrogen) atoms. The normalized spacial score (nSPS) is 25.3. The summed E-state index contributed by atoms with van der Waals surface area (Å²) in [5, 5.41) is 4.28. The van der Waals surface area contributed by atoms with Crippen LogP contribution in [0, 0.1) is 0 Å². The molecule has 2 aliphatic rings. The standard InChI is InChI=1S/C19H20N2OS/c1-19-13-16(15-9-5-6-10-17(15)22-19)20-18(23)21(19)12-11-14-7-3-2-4-8-14/h2-10,16H,11-13H2,1H3,(H,20,23)/t16-,19-/m1/s1. The van der Waals surface area contributed by atoms with Gasteiger partial charge in [-0.15, -0.1) is 0 Å². The maximum absolute atomic E-state index is 6.36. The molecule has 2 aromatic carbocycles. The topological polar surface area (TPSA) is 24.5 Å². The number of rotatable bonds is 3. The van der Waals surface area contributed by atoms with Gasteiger partial charge in [-0.2, -0.15) is 0 Å². The Hall–Kier alpha value is -2.07. The fourth-order valence-corrected chi connectivity index (χ4v) is 4.01. The van der Waals surface area contributed by atoms with E-state index in [-0.39, 0.29) is 11.8 Å². The van der Waals surface area contributed by atoms with Crippen molar-refractivity contribution in [2.75, 3.05) is 6.54 Å². The molecule has 4 heteroatoms. The maximum atomic E-state index is 6.36. The fraction of sp³-hybridized carbons (Fsp3) is 0.316. The Morgan fingerprint density at radius 3 is 2.74 bits per heavy atom. The molecular weight excluding hydrogens is 304 g/mol. The van der Waals surface area contributed by atoms with Crippen LogP contribution in [0.2, 0.25) is 0 Å². The summed E-state index contributed by atoms with van der Waals surface area (Å²) in [6.07, 6.45) is 1.85. The van der Waals surface area contributed by atoms with Crippen LogP contribution in [0.25, 0.3) is 0 Å². The average Bonchev–Trinajstić information content (AvgIpc) is 2.55. The third kappa shape index (κ3) is 2.57. The minimum Gasteiger partial charge on any atom is -0.468 e. The van der Waals surface area contributed by atoms with E-state index in [1.165, 1.54) is 11.1 Å². The van der Waals surface area contributed by atoms with Gasteiger partial charge in [0.15, 0.2) is 10.8 Å². The number of ether oxygens (including phenoxy) is 1. The molecule has 0 radical (unpaired) electrons. The second kappa shape index (κ2) is 5.53. The number of para-hydroxylation sites is 1. The van der Waals surface area contributed by atoms with Crippen molar-refractivity contribution < 1.29 is 4.74 Å². The molecule has 1 saturated heterocycles. The first kappa shape index (κ1) is 14.5. The molecule has 2 bridgehead atoms. The third-order valence-corrected chi connectivity index (χ3v) is 5.13. The van der Waals surface area contributed by atoms with Gasteiger partial charge in [-0.25, -0.2) is 0 Å². The average molecular weight is 324 g/mol. The molecule has 2 aromatic rings. The zero-order valence-corrected chi connectivity index (χ0v) is 14.0. The van der Waals surface area contributed by atoms with Gasteiger partial charge in [0, 0.05) is 18.5 Å². The number of fused-ring (bicyclic) bond motifs is 4. The van der Waals surface area contributed by atoms with Crippen LogP contribution >= 0.6 is 12.2 Å². The van der Waals surface area contributed by atoms with Crippen LogP contribution < -0.4 is 10.1 Å². The summed E-state index contributed by atoms with van der Waals surface area (Å²) in [4.78, 5) is 2.20. The van der Waals surface area contributed by atoms with Crippen molar-refractivity contribution in [2.45, 2.75) is 31.5 Å². The van der Waals surface area contributed by atoms with Crippen LogP contribution in [0.1, 0.15) is 30.5 Å². The molecule has 2 heterocycles. The van der Waals surface area contributed by atoms with Gasteiger partial charge in [-0.3, -0.25) is 0 Å². The summed E-state index contributed by atoms with van der Waals surface area (Å²) < 4.78 is 6.36. The van der Waals surface area contributed by atoms with E-state index in [2.05, 4.69) is 53.5 Å². The monoisotopic (exact) mass is 324 g/mol. The highest BCUT2D eigenvalue weighted by Gasteiger charge is 2.47. The lowest BCUT2D eigenvalue weighted by Gasteiger charge is -2.52. The van der Waals surface area contributed by atoms with Crippen molar-refractivity contribution in [1.82, 2.24) is 10.2 Å². The van der Waals surface area contributed by atoms with Crippen molar-refractivity contribution in [3.8, 4) is 5.75 Å². The smallest absolute Gasteiger partial charge is 0.184 e. The summed E-state index contributed by atoms with van der Waals surface area (Å²) in [6, 6.07) is 19.0. The minimum absolute atomic E-state index is 0.241. The summed E-state index contributed by atoms with van der Waals surface area (Å²) >= 11 is 5.63. The third-order valence-electron chi connectivity index (χ3n) is 4.79. The highest BCUT2D eigenvalue weighted by Crippen LogP contribution is 2.43. The number of hydrogen-bond acceptors (Lipinski definition) is 2. The summed E-state index contributed by atoms with van der Waals surface area (Å²) in [5.74, 6) is 0.964. The van der Waals surface area contributed by atoms with Gasteiger partial charge in [-0.1, -0.05) is 48.5 Å². The first-order valence-corrected chi connectivity index (χ1v) is 8.46. The van der Waals surface area contributed by atoms with Crippen molar-refractivity contribution in [1.29, 1.82) is 0 Å². The van der Waals surface area contributed by atoms with Gasteiger partial charge < -0.3 is 15.0 Å². The molecular formula is C19H20N2OS. The van der Waals surface area contributed by atoms with Crippen LogP contribution in [0.15, 0.2) is 54.6 Å². The Morgan fingerprint density at radius 1 is 1.17 bits per heavy atom. The quantitative estimate of drug-likeness (QED) is 0.871. The molecule has 1 N–H and O–H groups in total. The molecule has 1 fully saturated rings. The minimum atomic E-state index is -0.379. The van der Waals surface area contributed by atoms with Crippen molar-refractivity contribution in [3.63, 3.8) is 0 Å². The Bertz CT molecular complexity index is 733. The lowest BCUT2D eigenvalue weighted by atomic mass is 9.90. The molecule has 4 rings (SSSR count). The van der Waals surface area contributed by atoms with E-state index < -0.39 is 0 Å².